The zero-order valence-corrected chi connectivity index (χ0v) is 9.80. The summed E-state index contributed by atoms with van der Waals surface area (Å²) in [6.45, 7) is 5.11. The van der Waals surface area contributed by atoms with Crippen LogP contribution in [0, 0.1) is 5.92 Å². The van der Waals surface area contributed by atoms with Gasteiger partial charge >= 0.3 is 0 Å². The first kappa shape index (κ1) is 10.8. The highest BCUT2D eigenvalue weighted by Crippen LogP contribution is 2.28. The molecule has 82 valence electrons. The Labute approximate surface area is 96.0 Å². The van der Waals surface area contributed by atoms with E-state index in [-0.39, 0.29) is 0 Å². The van der Waals surface area contributed by atoms with E-state index in [9.17, 15) is 0 Å². The molecule has 1 aliphatic rings. The first-order valence-corrected chi connectivity index (χ1v) is 5.82. The van der Waals surface area contributed by atoms with E-state index in [1.807, 2.05) is 12.1 Å². The van der Waals surface area contributed by atoms with Crippen molar-refractivity contribution in [3.05, 3.63) is 28.8 Å². The zero-order chi connectivity index (χ0) is 10.8. The summed E-state index contributed by atoms with van der Waals surface area (Å²) in [5.74, 6) is 0.784. The molecule has 1 unspecified atom stereocenters. The van der Waals surface area contributed by atoms with E-state index in [0.717, 1.165) is 29.6 Å². The molecule has 0 aliphatic carbocycles. The fraction of sp³-hybridized carbons (Fsp3) is 0.500. The van der Waals surface area contributed by atoms with Crippen LogP contribution in [0.5, 0.6) is 0 Å². The Kier molecular flexibility index (Phi) is 3.17. The molecule has 15 heavy (non-hydrogen) atoms. The summed E-state index contributed by atoms with van der Waals surface area (Å²) in [7, 11) is 0. The van der Waals surface area contributed by atoms with Crippen LogP contribution >= 0.6 is 11.6 Å². The normalized spacial score (nSPS) is 21.0. The van der Waals surface area contributed by atoms with E-state index in [4.69, 9.17) is 17.3 Å². The molecule has 2 nitrogen and oxygen atoms in total. The van der Waals surface area contributed by atoms with Crippen LogP contribution in [0.1, 0.15) is 18.9 Å². The van der Waals surface area contributed by atoms with Crippen molar-refractivity contribution in [1.82, 2.24) is 0 Å². The molecule has 1 fully saturated rings. The molecule has 0 spiro atoms. The highest BCUT2D eigenvalue weighted by atomic mass is 35.5. The molecule has 0 radical (unpaired) electrons. The lowest BCUT2D eigenvalue weighted by Gasteiger charge is -2.21. The number of hydrogen-bond acceptors (Lipinski definition) is 2. The lowest BCUT2D eigenvalue weighted by atomic mass is 10.1. The minimum Gasteiger partial charge on any atom is -0.371 e. The third-order valence-electron chi connectivity index (χ3n) is 3.03. The van der Waals surface area contributed by atoms with Crippen LogP contribution in [0.2, 0.25) is 5.02 Å². The first-order valence-electron chi connectivity index (χ1n) is 5.44. The Hall–Kier alpha value is -0.730. The minimum absolute atomic E-state index is 0.556. The molecule has 2 N–H and O–H groups in total. The topological polar surface area (TPSA) is 29.3 Å². The minimum atomic E-state index is 0.556. The average Bonchev–Trinajstić information content (AvgIpc) is 2.64. The molecule has 0 amide bonds. The van der Waals surface area contributed by atoms with E-state index >= 15 is 0 Å². The summed E-state index contributed by atoms with van der Waals surface area (Å²) < 4.78 is 0. The van der Waals surface area contributed by atoms with E-state index in [1.165, 1.54) is 12.1 Å². The molecule has 0 saturated carbocycles. The average molecular weight is 225 g/mol. The van der Waals surface area contributed by atoms with Gasteiger partial charge in [-0.2, -0.15) is 0 Å². The van der Waals surface area contributed by atoms with Gasteiger partial charge in [-0.1, -0.05) is 18.5 Å². The van der Waals surface area contributed by atoms with Gasteiger partial charge in [-0.05, 0) is 36.1 Å². The quantitative estimate of drug-likeness (QED) is 0.837. The number of nitrogens with two attached hydrogens (primary N) is 1. The predicted octanol–water partition coefficient (Wildman–Crippen LogP) is 2.64. The van der Waals surface area contributed by atoms with Crippen molar-refractivity contribution in [2.45, 2.75) is 19.9 Å². The smallest absolute Gasteiger partial charge is 0.0412 e. The molecular weight excluding hydrogens is 208 g/mol. The number of rotatable bonds is 2. The van der Waals surface area contributed by atoms with Crippen molar-refractivity contribution in [3.8, 4) is 0 Å². The van der Waals surface area contributed by atoms with Gasteiger partial charge in [-0.3, -0.25) is 0 Å². The van der Waals surface area contributed by atoms with Gasteiger partial charge in [-0.25, -0.2) is 0 Å². The van der Waals surface area contributed by atoms with Gasteiger partial charge in [0.1, 0.15) is 0 Å². The van der Waals surface area contributed by atoms with Crippen molar-refractivity contribution < 1.29 is 0 Å². The Bertz CT molecular complexity index is 351. The van der Waals surface area contributed by atoms with Crippen LogP contribution in [0.4, 0.5) is 5.69 Å². The summed E-state index contributed by atoms with van der Waals surface area (Å²) >= 11 is 5.96. The SMILES string of the molecule is CC1CCN(c2ccc(Cl)cc2CN)C1. The summed E-state index contributed by atoms with van der Waals surface area (Å²) in [6.07, 6.45) is 1.27. The molecule has 1 aromatic carbocycles. The second-order valence-electron chi connectivity index (χ2n) is 4.32. The van der Waals surface area contributed by atoms with Crippen molar-refractivity contribution in [2.24, 2.45) is 11.7 Å². The van der Waals surface area contributed by atoms with Gasteiger partial charge in [0.05, 0.1) is 0 Å². The van der Waals surface area contributed by atoms with Gasteiger partial charge in [-0.15, -0.1) is 0 Å². The molecule has 0 aromatic heterocycles. The van der Waals surface area contributed by atoms with Gasteiger partial charge in [0.15, 0.2) is 0 Å². The highest BCUT2D eigenvalue weighted by Gasteiger charge is 2.20. The van der Waals surface area contributed by atoms with Gasteiger partial charge < -0.3 is 10.6 Å². The Morgan fingerprint density at radius 1 is 1.53 bits per heavy atom. The molecule has 1 heterocycles. The van der Waals surface area contributed by atoms with Crippen molar-refractivity contribution in [1.29, 1.82) is 0 Å². The molecule has 3 heteroatoms. The zero-order valence-electron chi connectivity index (χ0n) is 9.04. The van der Waals surface area contributed by atoms with Gasteiger partial charge in [0.25, 0.3) is 0 Å². The largest absolute Gasteiger partial charge is 0.371 e. The lowest BCUT2D eigenvalue weighted by molar-refractivity contribution is 0.659. The molecule has 1 saturated heterocycles. The summed E-state index contributed by atoms with van der Waals surface area (Å²) in [6, 6.07) is 6.00. The lowest BCUT2D eigenvalue weighted by Crippen LogP contribution is -2.21. The third kappa shape index (κ3) is 2.27. The number of halogens is 1. The highest BCUT2D eigenvalue weighted by molar-refractivity contribution is 6.30. The number of anilines is 1. The molecule has 1 atom stereocenters. The monoisotopic (exact) mass is 224 g/mol. The predicted molar refractivity (Wildman–Crippen MR) is 65.3 cm³/mol. The Balaban J connectivity index is 2.27. The molecule has 1 aliphatic heterocycles. The first-order chi connectivity index (χ1) is 7.20. The second-order valence-corrected chi connectivity index (χ2v) is 4.75. The maximum Gasteiger partial charge on any atom is 0.0412 e. The molecule has 1 aromatic rings. The number of hydrogen-bond donors (Lipinski definition) is 1. The fourth-order valence-electron chi connectivity index (χ4n) is 2.18. The maximum atomic E-state index is 5.96. The fourth-order valence-corrected chi connectivity index (χ4v) is 2.37. The summed E-state index contributed by atoms with van der Waals surface area (Å²) in [5.41, 5.74) is 8.14. The van der Waals surface area contributed by atoms with E-state index in [0.29, 0.717) is 6.54 Å². The van der Waals surface area contributed by atoms with Crippen LogP contribution < -0.4 is 10.6 Å². The molecule has 0 bridgehead atoms. The molecular formula is C12H17ClN2. The summed E-state index contributed by atoms with van der Waals surface area (Å²) in [5, 5.41) is 0.770. The van der Waals surface area contributed by atoms with Crippen molar-refractivity contribution in [2.75, 3.05) is 18.0 Å². The van der Waals surface area contributed by atoms with Crippen LogP contribution in [0.25, 0.3) is 0 Å². The van der Waals surface area contributed by atoms with E-state index in [1.54, 1.807) is 0 Å². The second kappa shape index (κ2) is 4.42. The van der Waals surface area contributed by atoms with Crippen LogP contribution in [0.3, 0.4) is 0 Å². The number of benzene rings is 1. The van der Waals surface area contributed by atoms with Gasteiger partial charge in [0.2, 0.25) is 0 Å². The standard InChI is InChI=1S/C12H17ClN2/c1-9-4-5-15(8-9)12-3-2-11(13)6-10(12)7-14/h2-3,6,9H,4-5,7-8,14H2,1H3. The molecule has 2 rings (SSSR count). The number of nitrogens with zero attached hydrogens (tertiary/aromatic N) is 1. The van der Waals surface area contributed by atoms with Crippen molar-refractivity contribution in [3.63, 3.8) is 0 Å². The van der Waals surface area contributed by atoms with Crippen LogP contribution in [-0.2, 0) is 6.54 Å². The van der Waals surface area contributed by atoms with Crippen LogP contribution in [0.15, 0.2) is 18.2 Å². The Morgan fingerprint density at radius 3 is 2.93 bits per heavy atom. The van der Waals surface area contributed by atoms with Gasteiger partial charge in [0, 0.05) is 30.3 Å². The maximum absolute atomic E-state index is 5.96. The third-order valence-corrected chi connectivity index (χ3v) is 3.26. The Morgan fingerprint density at radius 2 is 2.33 bits per heavy atom. The van der Waals surface area contributed by atoms with Crippen LogP contribution in [-0.4, -0.2) is 13.1 Å². The van der Waals surface area contributed by atoms with E-state index in [2.05, 4.69) is 17.9 Å². The van der Waals surface area contributed by atoms with E-state index < -0.39 is 0 Å². The van der Waals surface area contributed by atoms with Crippen molar-refractivity contribution >= 4 is 17.3 Å². The summed E-state index contributed by atoms with van der Waals surface area (Å²) in [4.78, 5) is 2.41.